The van der Waals surface area contributed by atoms with Gasteiger partial charge in [0.15, 0.2) is 0 Å². The van der Waals surface area contributed by atoms with Gasteiger partial charge in [0.05, 0.1) is 29.3 Å². The van der Waals surface area contributed by atoms with Gasteiger partial charge in [-0.2, -0.15) is 4.98 Å². The van der Waals surface area contributed by atoms with E-state index >= 15 is 0 Å². The van der Waals surface area contributed by atoms with Gasteiger partial charge in [-0.15, -0.1) is 11.3 Å². The van der Waals surface area contributed by atoms with Crippen LogP contribution >= 0.6 is 11.3 Å². The van der Waals surface area contributed by atoms with Crippen molar-refractivity contribution in [2.24, 2.45) is 0 Å². The summed E-state index contributed by atoms with van der Waals surface area (Å²) >= 11 is 1.51. The third-order valence-corrected chi connectivity index (χ3v) is 6.58. The van der Waals surface area contributed by atoms with E-state index in [4.69, 9.17) is 9.26 Å². The summed E-state index contributed by atoms with van der Waals surface area (Å²) in [7, 11) is 1.59. The Bertz CT molecular complexity index is 1400. The zero-order chi connectivity index (χ0) is 23.8. The number of nitrogens with zero attached hydrogens (tertiary/aromatic N) is 3. The zero-order valence-corrected chi connectivity index (χ0v) is 19.5. The van der Waals surface area contributed by atoms with Gasteiger partial charge in [0.1, 0.15) is 11.6 Å². The van der Waals surface area contributed by atoms with Crippen molar-refractivity contribution in [1.29, 1.82) is 0 Å². The van der Waals surface area contributed by atoms with E-state index in [1.165, 1.54) is 22.3 Å². The van der Waals surface area contributed by atoms with E-state index in [-0.39, 0.29) is 17.7 Å². The number of rotatable bonds is 5. The van der Waals surface area contributed by atoms with Crippen molar-refractivity contribution < 1.29 is 18.4 Å². The summed E-state index contributed by atoms with van der Waals surface area (Å²) < 4.78 is 25.0. The van der Waals surface area contributed by atoms with E-state index in [9.17, 15) is 9.18 Å². The van der Waals surface area contributed by atoms with E-state index in [1.807, 2.05) is 48.7 Å². The lowest BCUT2D eigenvalue weighted by Gasteiger charge is -2.35. The SMILES string of the molecule is COc1cccc(C2NC(=O)N(c3ccc(F)c(C)c3)C(C)=C2c2nc(-c3cccs3)no2)c1. The molecule has 3 heterocycles. The molecule has 9 heteroatoms. The number of benzene rings is 2. The lowest BCUT2D eigenvalue weighted by atomic mass is 9.94. The Morgan fingerprint density at radius 3 is 2.74 bits per heavy atom. The average Bonchev–Trinajstić information content (AvgIpc) is 3.53. The summed E-state index contributed by atoms with van der Waals surface area (Å²) in [6, 6.07) is 14.9. The zero-order valence-electron chi connectivity index (χ0n) is 18.7. The first-order valence-electron chi connectivity index (χ1n) is 10.6. The van der Waals surface area contributed by atoms with Gasteiger partial charge in [-0.05, 0) is 66.8 Å². The van der Waals surface area contributed by atoms with Crippen molar-refractivity contribution in [2.45, 2.75) is 19.9 Å². The fourth-order valence-corrected chi connectivity index (χ4v) is 4.66. The Balaban J connectivity index is 1.67. The second-order valence-corrected chi connectivity index (χ2v) is 8.78. The molecule has 0 saturated heterocycles. The van der Waals surface area contributed by atoms with E-state index < -0.39 is 6.04 Å². The van der Waals surface area contributed by atoms with Gasteiger partial charge in [-0.25, -0.2) is 9.18 Å². The Hall–Kier alpha value is -3.98. The number of carbonyl (C=O) groups is 1. The van der Waals surface area contributed by atoms with Crippen molar-refractivity contribution >= 4 is 28.6 Å². The molecule has 0 bridgehead atoms. The first-order chi connectivity index (χ1) is 16.5. The quantitative estimate of drug-likeness (QED) is 0.385. The van der Waals surface area contributed by atoms with Gasteiger partial charge in [0.2, 0.25) is 5.82 Å². The number of nitrogens with one attached hydrogen (secondary N) is 1. The van der Waals surface area contributed by atoms with Crippen LogP contribution in [0.5, 0.6) is 5.75 Å². The molecule has 1 aliphatic heterocycles. The van der Waals surface area contributed by atoms with Crippen LogP contribution in [-0.2, 0) is 0 Å². The van der Waals surface area contributed by atoms with Crippen LogP contribution in [0, 0.1) is 12.7 Å². The van der Waals surface area contributed by atoms with E-state index in [0.717, 1.165) is 10.4 Å². The molecular formula is C25H21FN4O3S. The van der Waals surface area contributed by atoms with E-state index in [0.29, 0.717) is 34.1 Å². The van der Waals surface area contributed by atoms with Gasteiger partial charge >= 0.3 is 6.03 Å². The normalized spacial score (nSPS) is 16.1. The number of amides is 2. The Labute approximate surface area is 199 Å². The largest absolute Gasteiger partial charge is 0.497 e. The number of hydrogen-bond donors (Lipinski definition) is 1. The van der Waals surface area contributed by atoms with Gasteiger partial charge in [-0.3, -0.25) is 4.90 Å². The molecule has 0 saturated carbocycles. The minimum atomic E-state index is -0.558. The molecular weight excluding hydrogens is 455 g/mol. The second kappa shape index (κ2) is 8.75. The number of methoxy groups -OCH3 is 1. The molecule has 2 aromatic carbocycles. The predicted molar refractivity (Wildman–Crippen MR) is 128 cm³/mol. The van der Waals surface area contributed by atoms with Gasteiger partial charge in [-0.1, -0.05) is 23.4 Å². The number of allylic oxidation sites excluding steroid dienone is 1. The Kier molecular flexibility index (Phi) is 5.62. The highest BCUT2D eigenvalue weighted by Crippen LogP contribution is 2.40. The number of halogens is 1. The van der Waals surface area contributed by atoms with E-state index in [2.05, 4.69) is 15.5 Å². The number of hydrogen-bond acceptors (Lipinski definition) is 6. The molecule has 2 amide bonds. The third kappa shape index (κ3) is 3.84. The highest BCUT2D eigenvalue weighted by Gasteiger charge is 2.36. The van der Waals surface area contributed by atoms with Crippen molar-refractivity contribution in [2.75, 3.05) is 12.0 Å². The maximum atomic E-state index is 13.9. The second-order valence-electron chi connectivity index (χ2n) is 7.83. The highest BCUT2D eigenvalue weighted by atomic mass is 32.1. The topological polar surface area (TPSA) is 80.5 Å². The summed E-state index contributed by atoms with van der Waals surface area (Å²) in [5.74, 6) is 1.08. The van der Waals surface area contributed by atoms with Crippen LogP contribution in [-0.4, -0.2) is 23.3 Å². The molecule has 4 aromatic rings. The fraction of sp³-hybridized carbons (Fsp3) is 0.160. The van der Waals surface area contributed by atoms with Crippen molar-refractivity contribution in [1.82, 2.24) is 15.5 Å². The molecule has 0 aliphatic carbocycles. The summed E-state index contributed by atoms with van der Waals surface area (Å²) in [6.45, 7) is 3.47. The number of urea groups is 1. The maximum Gasteiger partial charge on any atom is 0.326 e. The number of thiophene rings is 1. The lowest BCUT2D eigenvalue weighted by Crippen LogP contribution is -2.46. The third-order valence-electron chi connectivity index (χ3n) is 5.71. The molecule has 34 heavy (non-hydrogen) atoms. The molecule has 7 nitrogen and oxygen atoms in total. The van der Waals surface area contributed by atoms with Crippen LogP contribution in [0.1, 0.15) is 30.0 Å². The first-order valence-corrected chi connectivity index (χ1v) is 11.4. The van der Waals surface area contributed by atoms with Crippen LogP contribution < -0.4 is 15.0 Å². The summed E-state index contributed by atoms with van der Waals surface area (Å²) in [5, 5.41) is 9.14. The molecule has 2 aromatic heterocycles. The van der Waals surface area contributed by atoms with Crippen molar-refractivity contribution in [3.05, 3.63) is 88.5 Å². The van der Waals surface area contributed by atoms with E-state index in [1.54, 1.807) is 26.2 Å². The number of carbonyl (C=O) groups excluding carboxylic acids is 1. The molecule has 1 unspecified atom stereocenters. The number of anilines is 1. The smallest absolute Gasteiger partial charge is 0.326 e. The number of aromatic nitrogens is 2. The molecule has 0 spiro atoms. The van der Waals surface area contributed by atoms with Crippen molar-refractivity contribution in [3.8, 4) is 16.5 Å². The van der Waals surface area contributed by atoms with Crippen LogP contribution in [0.25, 0.3) is 16.3 Å². The summed E-state index contributed by atoms with van der Waals surface area (Å²) in [4.78, 5) is 20.3. The highest BCUT2D eigenvalue weighted by molar-refractivity contribution is 7.13. The Morgan fingerprint density at radius 2 is 2.00 bits per heavy atom. The molecule has 5 rings (SSSR count). The van der Waals surface area contributed by atoms with Crippen LogP contribution in [0.3, 0.4) is 0 Å². The monoisotopic (exact) mass is 476 g/mol. The van der Waals surface area contributed by atoms with Crippen LogP contribution in [0.4, 0.5) is 14.9 Å². The fourth-order valence-electron chi connectivity index (χ4n) is 4.01. The Morgan fingerprint density at radius 1 is 1.15 bits per heavy atom. The van der Waals surface area contributed by atoms with Crippen LogP contribution in [0.15, 0.2) is 70.2 Å². The molecule has 0 radical (unpaired) electrons. The van der Waals surface area contributed by atoms with Gasteiger partial charge in [0, 0.05) is 5.70 Å². The summed E-state index contributed by atoms with van der Waals surface area (Å²) in [5.41, 5.74) is 3.02. The minimum absolute atomic E-state index is 0.289. The molecule has 1 aliphatic rings. The maximum absolute atomic E-state index is 13.9. The summed E-state index contributed by atoms with van der Waals surface area (Å²) in [6.07, 6.45) is 0. The molecule has 0 fully saturated rings. The molecule has 1 atom stereocenters. The molecule has 172 valence electrons. The standard InChI is InChI=1S/C25H21FN4O3S/c1-14-12-17(9-10-19(14)26)30-15(2)21(24-28-23(29-33-24)20-8-5-11-34-20)22(27-25(30)31)16-6-4-7-18(13-16)32-3/h4-13,22H,1-3H3,(H,27,31). The average molecular weight is 477 g/mol. The first kappa shape index (κ1) is 21.8. The van der Waals surface area contributed by atoms with Gasteiger partial charge < -0.3 is 14.6 Å². The van der Waals surface area contributed by atoms with Crippen LogP contribution in [0.2, 0.25) is 0 Å². The number of ether oxygens (including phenoxy) is 1. The molecule has 1 N–H and O–H groups in total. The number of aryl methyl sites for hydroxylation is 1. The van der Waals surface area contributed by atoms with Crippen molar-refractivity contribution in [3.63, 3.8) is 0 Å². The minimum Gasteiger partial charge on any atom is -0.497 e. The predicted octanol–water partition coefficient (Wildman–Crippen LogP) is 5.96. The van der Waals surface area contributed by atoms with Gasteiger partial charge in [0.25, 0.3) is 5.89 Å². The lowest BCUT2D eigenvalue weighted by molar-refractivity contribution is 0.244.